The van der Waals surface area contributed by atoms with Gasteiger partial charge < -0.3 is 10.3 Å². The van der Waals surface area contributed by atoms with Crippen molar-refractivity contribution in [1.29, 1.82) is 0 Å². The minimum atomic E-state index is -0.415. The standard InChI is InChI=1S/C10H17BN2OS/c1-9-4-3-5-12-10(9)8-15-7-6-13-11(2)14/h3-5,13-14H,6-8H2,1-2H3. The van der Waals surface area contributed by atoms with Crippen LogP contribution in [-0.4, -0.2) is 29.4 Å². The van der Waals surface area contributed by atoms with E-state index in [2.05, 4.69) is 23.2 Å². The number of rotatable bonds is 6. The number of nitrogens with zero attached hydrogens (tertiary/aromatic N) is 1. The van der Waals surface area contributed by atoms with Gasteiger partial charge in [0.15, 0.2) is 0 Å². The Labute approximate surface area is 95.8 Å². The van der Waals surface area contributed by atoms with Crippen LogP contribution in [0.2, 0.25) is 6.82 Å². The maximum Gasteiger partial charge on any atom is 0.373 e. The summed E-state index contributed by atoms with van der Waals surface area (Å²) in [7, 11) is -0.415. The minimum Gasteiger partial charge on any atom is -0.437 e. The van der Waals surface area contributed by atoms with Crippen molar-refractivity contribution in [2.45, 2.75) is 19.5 Å². The summed E-state index contributed by atoms with van der Waals surface area (Å²) in [4.78, 5) is 4.32. The summed E-state index contributed by atoms with van der Waals surface area (Å²) < 4.78 is 0. The van der Waals surface area contributed by atoms with Crippen LogP contribution >= 0.6 is 11.8 Å². The van der Waals surface area contributed by atoms with Gasteiger partial charge in [-0.3, -0.25) is 4.98 Å². The Morgan fingerprint density at radius 3 is 3.07 bits per heavy atom. The molecular formula is C10H17BN2OS. The van der Waals surface area contributed by atoms with Gasteiger partial charge in [0.1, 0.15) is 0 Å². The minimum absolute atomic E-state index is 0.415. The van der Waals surface area contributed by atoms with Crippen LogP contribution < -0.4 is 5.23 Å². The second-order valence-corrected chi connectivity index (χ2v) is 4.55. The summed E-state index contributed by atoms with van der Waals surface area (Å²) in [5.74, 6) is 1.93. The van der Waals surface area contributed by atoms with E-state index in [1.165, 1.54) is 5.56 Å². The Morgan fingerprint density at radius 2 is 2.40 bits per heavy atom. The van der Waals surface area contributed by atoms with Crippen molar-refractivity contribution in [3.05, 3.63) is 29.6 Å². The maximum atomic E-state index is 8.98. The van der Waals surface area contributed by atoms with Gasteiger partial charge in [-0.15, -0.1) is 0 Å². The Balaban J connectivity index is 2.18. The highest BCUT2D eigenvalue weighted by Gasteiger charge is 2.01. The first-order valence-electron chi connectivity index (χ1n) is 5.10. The monoisotopic (exact) mass is 224 g/mol. The SMILES string of the molecule is CB(O)NCCSCc1ncccc1C. The van der Waals surface area contributed by atoms with E-state index in [1.54, 1.807) is 6.82 Å². The second kappa shape index (κ2) is 6.88. The van der Waals surface area contributed by atoms with Gasteiger partial charge in [-0.2, -0.15) is 11.8 Å². The lowest BCUT2D eigenvalue weighted by atomic mass is 9.89. The van der Waals surface area contributed by atoms with Crippen molar-refractivity contribution in [2.75, 3.05) is 12.3 Å². The quantitative estimate of drug-likeness (QED) is 0.565. The number of hydrogen-bond acceptors (Lipinski definition) is 4. The van der Waals surface area contributed by atoms with Crippen molar-refractivity contribution < 1.29 is 5.02 Å². The number of hydrogen-bond donors (Lipinski definition) is 2. The van der Waals surface area contributed by atoms with E-state index in [4.69, 9.17) is 5.02 Å². The van der Waals surface area contributed by atoms with Gasteiger partial charge in [-0.25, -0.2) is 0 Å². The van der Waals surface area contributed by atoms with E-state index < -0.39 is 7.05 Å². The molecule has 0 saturated heterocycles. The summed E-state index contributed by atoms with van der Waals surface area (Å²) in [5.41, 5.74) is 2.40. The molecule has 0 saturated carbocycles. The molecule has 0 radical (unpaired) electrons. The molecule has 0 bridgehead atoms. The molecule has 2 N–H and O–H groups in total. The number of aryl methyl sites for hydroxylation is 1. The van der Waals surface area contributed by atoms with Crippen molar-refractivity contribution in [1.82, 2.24) is 10.2 Å². The molecule has 82 valence electrons. The fourth-order valence-electron chi connectivity index (χ4n) is 1.18. The predicted molar refractivity (Wildman–Crippen MR) is 67.0 cm³/mol. The third-order valence-electron chi connectivity index (χ3n) is 2.04. The van der Waals surface area contributed by atoms with Gasteiger partial charge in [0.25, 0.3) is 0 Å². The van der Waals surface area contributed by atoms with Gasteiger partial charge in [-0.1, -0.05) is 6.07 Å². The van der Waals surface area contributed by atoms with Crippen molar-refractivity contribution in [3.63, 3.8) is 0 Å². The van der Waals surface area contributed by atoms with Crippen molar-refractivity contribution in [3.8, 4) is 0 Å². The highest BCUT2D eigenvalue weighted by atomic mass is 32.2. The van der Waals surface area contributed by atoms with Crippen LogP contribution in [0.15, 0.2) is 18.3 Å². The molecule has 1 rings (SSSR count). The van der Waals surface area contributed by atoms with Crippen LogP contribution in [0.1, 0.15) is 11.3 Å². The van der Waals surface area contributed by atoms with Crippen LogP contribution in [0.5, 0.6) is 0 Å². The van der Waals surface area contributed by atoms with Gasteiger partial charge in [-0.05, 0) is 31.9 Å². The molecule has 0 amide bonds. The molecular weight excluding hydrogens is 207 g/mol. The molecule has 0 aliphatic carbocycles. The lowest BCUT2D eigenvalue weighted by Crippen LogP contribution is -2.32. The number of aromatic nitrogens is 1. The normalized spacial score (nSPS) is 10.3. The summed E-state index contributed by atoms with van der Waals surface area (Å²) in [6.45, 7) is 4.64. The van der Waals surface area contributed by atoms with Gasteiger partial charge in [0, 0.05) is 17.7 Å². The topological polar surface area (TPSA) is 45.1 Å². The van der Waals surface area contributed by atoms with Crippen LogP contribution in [0, 0.1) is 6.92 Å². The van der Waals surface area contributed by atoms with E-state index in [9.17, 15) is 0 Å². The third-order valence-corrected chi connectivity index (χ3v) is 3.01. The van der Waals surface area contributed by atoms with Gasteiger partial charge in [0.2, 0.25) is 0 Å². The zero-order valence-corrected chi connectivity index (χ0v) is 10.0. The van der Waals surface area contributed by atoms with Crippen LogP contribution in [0.3, 0.4) is 0 Å². The summed E-state index contributed by atoms with van der Waals surface area (Å²) in [6.07, 6.45) is 1.83. The third kappa shape index (κ3) is 5.21. The largest absolute Gasteiger partial charge is 0.437 e. The first-order valence-corrected chi connectivity index (χ1v) is 6.25. The molecule has 15 heavy (non-hydrogen) atoms. The molecule has 0 aliphatic heterocycles. The van der Waals surface area contributed by atoms with Crippen LogP contribution in [0.4, 0.5) is 0 Å². The second-order valence-electron chi connectivity index (χ2n) is 3.45. The zero-order chi connectivity index (χ0) is 11.1. The highest BCUT2D eigenvalue weighted by molar-refractivity contribution is 7.98. The maximum absolute atomic E-state index is 8.98. The molecule has 0 aliphatic rings. The first kappa shape index (κ1) is 12.6. The average molecular weight is 224 g/mol. The highest BCUT2D eigenvalue weighted by Crippen LogP contribution is 2.12. The Hall–Kier alpha value is -0.515. The summed E-state index contributed by atoms with van der Waals surface area (Å²) >= 11 is 1.83. The van der Waals surface area contributed by atoms with E-state index in [0.717, 1.165) is 23.7 Å². The predicted octanol–water partition coefficient (Wildman–Crippen LogP) is 1.32. The van der Waals surface area contributed by atoms with Gasteiger partial charge >= 0.3 is 7.05 Å². The van der Waals surface area contributed by atoms with E-state index in [1.807, 2.05) is 24.0 Å². The van der Waals surface area contributed by atoms with Crippen molar-refractivity contribution in [2.24, 2.45) is 0 Å². The molecule has 1 aromatic rings. The smallest absolute Gasteiger partial charge is 0.373 e. The Morgan fingerprint density at radius 1 is 1.60 bits per heavy atom. The first-order chi connectivity index (χ1) is 7.20. The lowest BCUT2D eigenvalue weighted by molar-refractivity contribution is 0.558. The van der Waals surface area contributed by atoms with E-state index >= 15 is 0 Å². The van der Waals surface area contributed by atoms with E-state index in [0.29, 0.717) is 0 Å². The van der Waals surface area contributed by atoms with E-state index in [-0.39, 0.29) is 0 Å². The molecule has 3 nitrogen and oxygen atoms in total. The number of nitrogens with one attached hydrogen (secondary N) is 1. The molecule has 0 unspecified atom stereocenters. The van der Waals surface area contributed by atoms with Crippen LogP contribution in [0.25, 0.3) is 0 Å². The Bertz CT molecular complexity index is 297. The lowest BCUT2D eigenvalue weighted by Gasteiger charge is -2.05. The zero-order valence-electron chi connectivity index (χ0n) is 9.23. The number of pyridine rings is 1. The molecule has 5 heteroatoms. The molecule has 0 fully saturated rings. The molecule has 1 aromatic heterocycles. The fourth-order valence-corrected chi connectivity index (χ4v) is 2.08. The molecule has 0 aromatic carbocycles. The molecule has 0 atom stereocenters. The average Bonchev–Trinajstić information content (AvgIpc) is 2.20. The molecule has 1 heterocycles. The summed E-state index contributed by atoms with van der Waals surface area (Å²) in [6, 6.07) is 4.04. The Kier molecular flexibility index (Phi) is 5.75. The van der Waals surface area contributed by atoms with Crippen molar-refractivity contribution >= 4 is 18.8 Å². The molecule has 0 spiro atoms. The van der Waals surface area contributed by atoms with Gasteiger partial charge in [0.05, 0.1) is 5.69 Å². The summed E-state index contributed by atoms with van der Waals surface area (Å²) in [5, 5.41) is 11.9. The fraction of sp³-hybridized carbons (Fsp3) is 0.500. The number of thioether (sulfide) groups is 1. The van der Waals surface area contributed by atoms with Crippen LogP contribution in [-0.2, 0) is 5.75 Å².